The topological polar surface area (TPSA) is 105 Å². The molecule has 14 heteroatoms. The van der Waals surface area contributed by atoms with E-state index >= 15 is 0 Å². The smallest absolute Gasteiger partial charge is 0.475 e. The van der Waals surface area contributed by atoms with Crippen LogP contribution in [-0.4, -0.2) is 46.0 Å². The Hall–Kier alpha value is -3.58. The summed E-state index contributed by atoms with van der Waals surface area (Å²) in [7, 11) is 1.38. The number of carboxylic acid groups (broad SMARTS) is 1. The Labute approximate surface area is 205 Å². The number of hydrogen-bond donors (Lipinski definition) is 3. The normalized spacial score (nSPS) is 12.2. The second-order valence-corrected chi connectivity index (χ2v) is 7.34. The van der Waals surface area contributed by atoms with Gasteiger partial charge in [-0.15, -0.1) is 0 Å². The van der Waals surface area contributed by atoms with Gasteiger partial charge in [-0.2, -0.15) is 36.3 Å². The molecule has 1 atom stereocenters. The highest BCUT2D eigenvalue weighted by atomic mass is 35.5. The number of methoxy groups -OCH3 is 1. The van der Waals surface area contributed by atoms with E-state index in [1.54, 1.807) is 18.2 Å². The number of aliphatic carboxylic acids is 1. The third-order valence-corrected chi connectivity index (χ3v) is 4.67. The van der Waals surface area contributed by atoms with Gasteiger partial charge in [-0.05, 0) is 17.7 Å². The van der Waals surface area contributed by atoms with Crippen LogP contribution in [0, 0.1) is 0 Å². The zero-order valence-electron chi connectivity index (χ0n) is 18.2. The molecule has 1 aromatic heterocycles. The molecule has 7 nitrogen and oxygen atoms in total. The number of ether oxygens (including phenoxy) is 1. The van der Waals surface area contributed by atoms with E-state index < -0.39 is 35.0 Å². The fourth-order valence-corrected chi connectivity index (χ4v) is 2.94. The lowest BCUT2D eigenvalue weighted by molar-refractivity contribution is -0.192. The summed E-state index contributed by atoms with van der Waals surface area (Å²) in [6, 6.07) is 14.0. The molecule has 0 aliphatic rings. The molecule has 3 N–H and O–H groups in total. The van der Waals surface area contributed by atoms with Gasteiger partial charge in [-0.25, -0.2) is 4.79 Å². The number of rotatable bonds is 6. The van der Waals surface area contributed by atoms with E-state index in [1.807, 2.05) is 18.2 Å². The molecule has 0 unspecified atom stereocenters. The molecule has 0 spiro atoms. The minimum Gasteiger partial charge on any atom is -0.475 e. The van der Waals surface area contributed by atoms with Crippen molar-refractivity contribution in [2.24, 2.45) is 0 Å². The number of halogens is 7. The first kappa shape index (κ1) is 28.7. The van der Waals surface area contributed by atoms with Crippen molar-refractivity contribution in [1.82, 2.24) is 9.97 Å². The maximum absolute atomic E-state index is 12.9. The van der Waals surface area contributed by atoms with Crippen molar-refractivity contribution >= 4 is 23.4 Å². The van der Waals surface area contributed by atoms with Gasteiger partial charge >= 0.3 is 24.3 Å². The van der Waals surface area contributed by atoms with Gasteiger partial charge in [0.2, 0.25) is 0 Å². The van der Waals surface area contributed by atoms with E-state index in [1.165, 1.54) is 19.2 Å². The summed E-state index contributed by atoms with van der Waals surface area (Å²) in [5.74, 6) is -2.41. The molecule has 0 radical (unpaired) electrons. The fourth-order valence-electron chi connectivity index (χ4n) is 2.65. The second kappa shape index (κ2) is 11.9. The molecule has 194 valence electrons. The molecule has 0 aliphatic carbocycles. The van der Waals surface area contributed by atoms with E-state index in [2.05, 4.69) is 15.3 Å². The molecular weight excluding hydrogens is 520 g/mol. The number of nitrogens with zero attached hydrogens (tertiary/aromatic N) is 2. The van der Waals surface area contributed by atoms with Crippen molar-refractivity contribution in [2.45, 2.75) is 18.5 Å². The van der Waals surface area contributed by atoms with Crippen LogP contribution in [-0.2, 0) is 11.0 Å². The summed E-state index contributed by atoms with van der Waals surface area (Å²) in [6.07, 6.45) is -10.4. The Kier molecular flexibility index (Phi) is 9.48. The molecule has 0 amide bonds. The Morgan fingerprint density at radius 1 is 1.06 bits per heavy atom. The van der Waals surface area contributed by atoms with E-state index in [4.69, 9.17) is 26.2 Å². The van der Waals surface area contributed by atoms with Gasteiger partial charge in [-0.1, -0.05) is 48.0 Å². The molecule has 0 fully saturated rings. The van der Waals surface area contributed by atoms with Crippen LogP contribution in [0.5, 0.6) is 6.01 Å². The molecule has 3 aromatic rings. The third-order valence-electron chi connectivity index (χ3n) is 4.36. The predicted molar refractivity (Wildman–Crippen MR) is 118 cm³/mol. The maximum Gasteiger partial charge on any atom is 0.490 e. The van der Waals surface area contributed by atoms with Crippen LogP contribution in [0.15, 0.2) is 54.6 Å². The Bertz CT molecular complexity index is 1180. The zero-order valence-corrected chi connectivity index (χ0v) is 19.0. The average Bonchev–Trinajstić information content (AvgIpc) is 2.81. The SMILES string of the molecule is COc1nc(NC[C@H](O)c2ccccc2)cc(-c2ccc(C(F)(F)F)c(Cl)c2)n1.O=C(O)C(F)(F)F. The highest BCUT2D eigenvalue weighted by Gasteiger charge is 2.38. The lowest BCUT2D eigenvalue weighted by Gasteiger charge is -2.14. The van der Waals surface area contributed by atoms with E-state index in [9.17, 15) is 31.4 Å². The van der Waals surface area contributed by atoms with Crippen LogP contribution in [0.3, 0.4) is 0 Å². The monoisotopic (exact) mass is 537 g/mol. The zero-order chi connectivity index (χ0) is 27.1. The second-order valence-electron chi connectivity index (χ2n) is 6.93. The van der Waals surface area contributed by atoms with Crippen LogP contribution < -0.4 is 10.1 Å². The summed E-state index contributed by atoms with van der Waals surface area (Å²) >= 11 is 5.80. The number of aliphatic hydroxyl groups excluding tert-OH is 1. The minimum atomic E-state index is -5.08. The number of alkyl halides is 6. The van der Waals surface area contributed by atoms with Crippen molar-refractivity contribution in [3.8, 4) is 17.3 Å². The van der Waals surface area contributed by atoms with Crippen molar-refractivity contribution in [3.05, 3.63) is 70.7 Å². The first-order chi connectivity index (χ1) is 16.7. The van der Waals surface area contributed by atoms with Crippen LogP contribution >= 0.6 is 11.6 Å². The van der Waals surface area contributed by atoms with Crippen molar-refractivity contribution in [2.75, 3.05) is 19.0 Å². The molecule has 1 heterocycles. The fraction of sp³-hybridized carbons (Fsp3) is 0.227. The molecule has 0 saturated carbocycles. The average molecular weight is 538 g/mol. The number of benzene rings is 2. The van der Waals surface area contributed by atoms with E-state index in [0.29, 0.717) is 17.1 Å². The number of carboxylic acids is 1. The first-order valence-corrected chi connectivity index (χ1v) is 10.2. The Morgan fingerprint density at radius 2 is 1.67 bits per heavy atom. The lowest BCUT2D eigenvalue weighted by atomic mass is 10.1. The van der Waals surface area contributed by atoms with Gasteiger partial charge in [-0.3, -0.25) is 0 Å². The van der Waals surface area contributed by atoms with E-state index in [-0.39, 0.29) is 12.6 Å². The molecule has 36 heavy (non-hydrogen) atoms. The van der Waals surface area contributed by atoms with Crippen molar-refractivity contribution < 1.29 is 46.1 Å². The van der Waals surface area contributed by atoms with Crippen LogP contribution in [0.4, 0.5) is 32.2 Å². The maximum atomic E-state index is 12.9. The quantitative estimate of drug-likeness (QED) is 0.351. The largest absolute Gasteiger partial charge is 0.490 e. The molecule has 3 rings (SSSR count). The summed E-state index contributed by atoms with van der Waals surface area (Å²) in [4.78, 5) is 17.2. The van der Waals surface area contributed by atoms with Gasteiger partial charge in [0.25, 0.3) is 0 Å². The van der Waals surface area contributed by atoms with Crippen LogP contribution in [0.1, 0.15) is 17.2 Å². The highest BCUT2D eigenvalue weighted by Crippen LogP contribution is 2.37. The predicted octanol–water partition coefficient (Wildman–Crippen LogP) is 5.60. The van der Waals surface area contributed by atoms with Gasteiger partial charge in [0, 0.05) is 18.2 Å². The standard InChI is InChI=1S/C20H17ClF3N3O2.C2HF3O2/c1-29-19-26-16(13-7-8-14(15(21)9-13)20(22,23)24)10-18(27-19)25-11-17(28)12-5-3-2-4-6-12;3-2(4,5)1(6)7/h2-10,17,28H,11H2,1H3,(H,25,26,27);(H,6,7)/t17-;/m0./s1. The molecule has 0 bridgehead atoms. The molecule has 0 saturated heterocycles. The summed E-state index contributed by atoms with van der Waals surface area (Å²) in [5.41, 5.74) is 0.503. The van der Waals surface area contributed by atoms with Crippen LogP contribution in [0.25, 0.3) is 11.3 Å². The van der Waals surface area contributed by atoms with Gasteiger partial charge in [0.1, 0.15) is 5.82 Å². The Balaban J connectivity index is 0.000000572. The van der Waals surface area contributed by atoms with Gasteiger partial charge in [0.15, 0.2) is 0 Å². The lowest BCUT2D eigenvalue weighted by Crippen LogP contribution is -2.21. The molecule has 2 aromatic carbocycles. The first-order valence-electron chi connectivity index (χ1n) is 9.79. The number of anilines is 1. The van der Waals surface area contributed by atoms with Gasteiger partial charge < -0.3 is 20.3 Å². The number of carbonyl (C=O) groups is 1. The number of nitrogens with one attached hydrogen (secondary N) is 1. The third kappa shape index (κ3) is 8.27. The summed E-state index contributed by atoms with van der Waals surface area (Å²) < 4.78 is 75.6. The molecule has 0 aliphatic heterocycles. The van der Waals surface area contributed by atoms with E-state index in [0.717, 1.165) is 11.6 Å². The summed E-state index contributed by atoms with van der Waals surface area (Å²) in [5, 5.41) is 20.0. The molecular formula is C22H18ClF6N3O4. The number of hydrogen-bond acceptors (Lipinski definition) is 6. The Morgan fingerprint density at radius 3 is 2.17 bits per heavy atom. The van der Waals surface area contributed by atoms with Crippen molar-refractivity contribution in [1.29, 1.82) is 0 Å². The van der Waals surface area contributed by atoms with Crippen molar-refractivity contribution in [3.63, 3.8) is 0 Å². The number of aromatic nitrogens is 2. The number of aliphatic hydroxyl groups is 1. The highest BCUT2D eigenvalue weighted by molar-refractivity contribution is 6.31. The minimum absolute atomic E-state index is 0.0234. The summed E-state index contributed by atoms with van der Waals surface area (Å²) in [6.45, 7) is 0.164. The van der Waals surface area contributed by atoms with Gasteiger partial charge in [0.05, 0.1) is 29.5 Å². The van der Waals surface area contributed by atoms with Crippen LogP contribution in [0.2, 0.25) is 5.02 Å².